The van der Waals surface area contributed by atoms with Gasteiger partial charge in [0, 0.05) is 32.8 Å². The number of ether oxygens (including phenoxy) is 1. The zero-order chi connectivity index (χ0) is 18.3. The molecule has 1 fully saturated rings. The van der Waals surface area contributed by atoms with E-state index < -0.39 is 11.4 Å². The van der Waals surface area contributed by atoms with Crippen molar-refractivity contribution >= 4 is 12.0 Å². The standard InChI is InChI=1S/C19H28N2O4/c1-19(17(22)23)10-11-21(14-19)18(24)20-16(9-6-12-25-2)13-15-7-4-3-5-8-15/h3-5,7-8,16H,6,9-14H2,1-2H3,(H,20,24)(H,22,23). The lowest BCUT2D eigenvalue weighted by molar-refractivity contribution is -0.147. The van der Waals surface area contributed by atoms with Gasteiger partial charge >= 0.3 is 12.0 Å². The molecule has 25 heavy (non-hydrogen) atoms. The molecule has 0 bridgehead atoms. The molecule has 0 saturated carbocycles. The molecule has 1 aromatic carbocycles. The zero-order valence-electron chi connectivity index (χ0n) is 15.0. The van der Waals surface area contributed by atoms with Gasteiger partial charge in [0.2, 0.25) is 0 Å². The van der Waals surface area contributed by atoms with Gasteiger partial charge in [-0.25, -0.2) is 4.79 Å². The van der Waals surface area contributed by atoms with Crippen LogP contribution in [0.15, 0.2) is 30.3 Å². The summed E-state index contributed by atoms with van der Waals surface area (Å²) in [5, 5.41) is 12.4. The first-order valence-electron chi connectivity index (χ1n) is 8.76. The number of carboxylic acid groups (broad SMARTS) is 1. The van der Waals surface area contributed by atoms with Gasteiger partial charge in [-0.2, -0.15) is 0 Å². The molecule has 1 aliphatic rings. The maximum Gasteiger partial charge on any atom is 0.317 e. The topological polar surface area (TPSA) is 78.9 Å². The average Bonchev–Trinajstić information content (AvgIpc) is 3.00. The van der Waals surface area contributed by atoms with E-state index >= 15 is 0 Å². The highest BCUT2D eigenvalue weighted by Gasteiger charge is 2.42. The van der Waals surface area contributed by atoms with Crippen LogP contribution in [-0.2, 0) is 16.0 Å². The number of methoxy groups -OCH3 is 1. The van der Waals surface area contributed by atoms with Gasteiger partial charge in [0.15, 0.2) is 0 Å². The first-order valence-corrected chi connectivity index (χ1v) is 8.76. The number of carboxylic acids is 1. The molecule has 1 saturated heterocycles. The second-order valence-corrected chi connectivity index (χ2v) is 7.01. The van der Waals surface area contributed by atoms with Gasteiger partial charge < -0.3 is 20.1 Å². The number of amides is 2. The van der Waals surface area contributed by atoms with Crippen LogP contribution in [0.25, 0.3) is 0 Å². The van der Waals surface area contributed by atoms with Gasteiger partial charge in [0.1, 0.15) is 0 Å². The summed E-state index contributed by atoms with van der Waals surface area (Å²) < 4.78 is 5.11. The molecular weight excluding hydrogens is 320 g/mol. The lowest BCUT2D eigenvalue weighted by Crippen LogP contribution is -2.46. The molecule has 2 unspecified atom stereocenters. The van der Waals surface area contributed by atoms with Crippen LogP contribution in [0.2, 0.25) is 0 Å². The Kier molecular flexibility index (Phi) is 6.82. The van der Waals surface area contributed by atoms with Crippen molar-refractivity contribution in [1.29, 1.82) is 0 Å². The van der Waals surface area contributed by atoms with Crippen LogP contribution in [0.1, 0.15) is 31.7 Å². The summed E-state index contributed by atoms with van der Waals surface area (Å²) in [7, 11) is 1.67. The summed E-state index contributed by atoms with van der Waals surface area (Å²) in [5.41, 5.74) is 0.324. The minimum atomic E-state index is -0.845. The molecule has 1 aliphatic heterocycles. The van der Waals surface area contributed by atoms with Crippen molar-refractivity contribution in [2.75, 3.05) is 26.8 Å². The van der Waals surface area contributed by atoms with Crippen molar-refractivity contribution in [3.8, 4) is 0 Å². The van der Waals surface area contributed by atoms with Crippen molar-refractivity contribution in [3.63, 3.8) is 0 Å². The SMILES string of the molecule is COCCCC(Cc1ccccc1)NC(=O)N1CCC(C)(C(=O)O)C1. The van der Waals surface area contributed by atoms with Gasteiger partial charge in [0.05, 0.1) is 5.41 Å². The molecule has 1 aromatic rings. The maximum absolute atomic E-state index is 12.6. The third kappa shape index (κ3) is 5.46. The third-order valence-corrected chi connectivity index (χ3v) is 4.83. The number of hydrogen-bond donors (Lipinski definition) is 2. The normalized spacial score (nSPS) is 21.1. The Labute approximate surface area is 149 Å². The monoisotopic (exact) mass is 348 g/mol. The Hall–Kier alpha value is -2.08. The number of likely N-dealkylation sites (tertiary alicyclic amines) is 1. The van der Waals surface area contributed by atoms with Crippen LogP contribution in [0, 0.1) is 5.41 Å². The molecule has 138 valence electrons. The molecule has 0 radical (unpaired) electrons. The highest BCUT2D eigenvalue weighted by Crippen LogP contribution is 2.30. The smallest absolute Gasteiger partial charge is 0.317 e. The van der Waals surface area contributed by atoms with E-state index in [2.05, 4.69) is 5.32 Å². The van der Waals surface area contributed by atoms with E-state index in [4.69, 9.17) is 4.74 Å². The minimum absolute atomic E-state index is 0.00161. The number of benzene rings is 1. The third-order valence-electron chi connectivity index (χ3n) is 4.83. The van der Waals surface area contributed by atoms with E-state index in [1.165, 1.54) is 5.56 Å². The van der Waals surface area contributed by atoms with Crippen molar-refractivity contribution in [2.24, 2.45) is 5.41 Å². The number of rotatable bonds is 8. The Balaban J connectivity index is 1.95. The summed E-state index contributed by atoms with van der Waals surface area (Å²) in [4.78, 5) is 25.6. The van der Waals surface area contributed by atoms with Gasteiger partial charge in [-0.3, -0.25) is 4.79 Å². The lowest BCUT2D eigenvalue weighted by Gasteiger charge is -2.25. The van der Waals surface area contributed by atoms with Crippen LogP contribution in [0.3, 0.4) is 0 Å². The lowest BCUT2D eigenvalue weighted by atomic mass is 9.90. The molecule has 0 spiro atoms. The summed E-state index contributed by atoms with van der Waals surface area (Å²) in [6.07, 6.45) is 2.92. The highest BCUT2D eigenvalue weighted by molar-refractivity contribution is 5.79. The number of carbonyl (C=O) groups excluding carboxylic acids is 1. The number of nitrogens with one attached hydrogen (secondary N) is 1. The quantitative estimate of drug-likeness (QED) is 0.708. The van der Waals surface area contributed by atoms with Crippen LogP contribution in [0.4, 0.5) is 4.79 Å². The Bertz CT molecular complexity index is 578. The van der Waals surface area contributed by atoms with Crippen molar-refractivity contribution < 1.29 is 19.4 Å². The predicted molar refractivity (Wildman–Crippen MR) is 95.5 cm³/mol. The Morgan fingerprint density at radius 3 is 2.68 bits per heavy atom. The summed E-state index contributed by atoms with van der Waals surface area (Å²) in [6, 6.07) is 9.87. The van der Waals surface area contributed by atoms with E-state index in [9.17, 15) is 14.7 Å². The molecule has 2 amide bonds. The summed E-state index contributed by atoms with van der Waals surface area (Å²) >= 11 is 0. The molecular formula is C19H28N2O4. The summed E-state index contributed by atoms with van der Waals surface area (Å²) in [5.74, 6) is -0.844. The van der Waals surface area contributed by atoms with Crippen LogP contribution >= 0.6 is 0 Å². The molecule has 2 rings (SSSR count). The minimum Gasteiger partial charge on any atom is -0.481 e. The van der Waals surface area contributed by atoms with E-state index in [1.54, 1.807) is 18.9 Å². The fourth-order valence-corrected chi connectivity index (χ4v) is 3.17. The van der Waals surface area contributed by atoms with E-state index in [0.29, 0.717) is 19.6 Å². The molecule has 6 nitrogen and oxygen atoms in total. The second-order valence-electron chi connectivity index (χ2n) is 7.01. The largest absolute Gasteiger partial charge is 0.481 e. The van der Waals surface area contributed by atoms with Gasteiger partial charge in [-0.1, -0.05) is 30.3 Å². The first-order chi connectivity index (χ1) is 11.9. The van der Waals surface area contributed by atoms with E-state index in [-0.39, 0.29) is 18.6 Å². The van der Waals surface area contributed by atoms with E-state index in [1.807, 2.05) is 30.3 Å². The van der Waals surface area contributed by atoms with Gasteiger partial charge in [0.25, 0.3) is 0 Å². The number of nitrogens with zero attached hydrogens (tertiary/aromatic N) is 1. The first kappa shape index (κ1) is 19.2. The van der Waals surface area contributed by atoms with Crippen LogP contribution in [0.5, 0.6) is 0 Å². The van der Waals surface area contributed by atoms with Gasteiger partial charge in [-0.15, -0.1) is 0 Å². The number of urea groups is 1. The summed E-state index contributed by atoms with van der Waals surface area (Å²) in [6.45, 7) is 3.08. The van der Waals surface area contributed by atoms with Crippen molar-refractivity contribution in [2.45, 2.75) is 38.6 Å². The Morgan fingerprint density at radius 2 is 2.08 bits per heavy atom. The molecule has 6 heteroatoms. The molecule has 0 aliphatic carbocycles. The number of carbonyl (C=O) groups is 2. The molecule has 2 N–H and O–H groups in total. The molecule has 0 aromatic heterocycles. The molecule has 1 heterocycles. The number of aliphatic carboxylic acids is 1. The zero-order valence-corrected chi connectivity index (χ0v) is 15.0. The van der Waals surface area contributed by atoms with Gasteiger partial charge in [-0.05, 0) is 38.2 Å². The second kappa shape index (κ2) is 8.85. The van der Waals surface area contributed by atoms with E-state index in [0.717, 1.165) is 19.3 Å². The van der Waals surface area contributed by atoms with Crippen molar-refractivity contribution in [3.05, 3.63) is 35.9 Å². The fourth-order valence-electron chi connectivity index (χ4n) is 3.17. The predicted octanol–water partition coefficient (Wildman–Crippen LogP) is 2.53. The van der Waals surface area contributed by atoms with Crippen LogP contribution in [-0.4, -0.2) is 54.9 Å². The van der Waals surface area contributed by atoms with Crippen molar-refractivity contribution in [1.82, 2.24) is 10.2 Å². The molecule has 2 atom stereocenters. The number of hydrogen-bond acceptors (Lipinski definition) is 3. The Morgan fingerprint density at radius 1 is 1.36 bits per heavy atom. The fraction of sp³-hybridized carbons (Fsp3) is 0.579. The average molecular weight is 348 g/mol. The highest BCUT2D eigenvalue weighted by atomic mass is 16.5. The van der Waals surface area contributed by atoms with Crippen LogP contribution < -0.4 is 5.32 Å². The maximum atomic E-state index is 12.6.